The third-order valence-electron chi connectivity index (χ3n) is 5.83. The fourth-order valence-corrected chi connectivity index (χ4v) is 4.39. The molecule has 0 spiro atoms. The predicted octanol–water partition coefficient (Wildman–Crippen LogP) is 5.31. The van der Waals surface area contributed by atoms with Crippen molar-refractivity contribution in [1.29, 1.82) is 0 Å². The Morgan fingerprint density at radius 1 is 1.15 bits per heavy atom. The van der Waals surface area contributed by atoms with Gasteiger partial charge in [-0.1, -0.05) is 59.6 Å². The van der Waals surface area contributed by atoms with Crippen molar-refractivity contribution in [2.75, 3.05) is 6.61 Å². The van der Waals surface area contributed by atoms with Crippen LogP contribution in [0, 0.1) is 35.5 Å². The molecule has 1 saturated carbocycles. The summed E-state index contributed by atoms with van der Waals surface area (Å²) < 4.78 is 6.42. The predicted molar refractivity (Wildman–Crippen MR) is 86.7 cm³/mol. The highest BCUT2D eigenvalue weighted by atomic mass is 16.5. The van der Waals surface area contributed by atoms with Crippen molar-refractivity contribution in [2.45, 2.75) is 66.4 Å². The van der Waals surface area contributed by atoms with Crippen LogP contribution >= 0.6 is 0 Å². The minimum Gasteiger partial charge on any atom is -0.378 e. The van der Waals surface area contributed by atoms with E-state index in [2.05, 4.69) is 46.8 Å². The molecule has 0 radical (unpaired) electrons. The summed E-state index contributed by atoms with van der Waals surface area (Å²) in [7, 11) is 0. The molecule has 0 aromatic rings. The van der Waals surface area contributed by atoms with E-state index in [4.69, 9.17) is 4.74 Å². The molecule has 2 aliphatic carbocycles. The quantitative estimate of drug-likeness (QED) is 0.619. The molecule has 5 unspecified atom stereocenters. The maximum atomic E-state index is 6.42. The number of rotatable bonds is 5. The molecule has 0 N–H and O–H groups in total. The van der Waals surface area contributed by atoms with Gasteiger partial charge in [-0.05, 0) is 48.3 Å². The van der Waals surface area contributed by atoms with Crippen molar-refractivity contribution >= 4 is 0 Å². The molecule has 0 bridgehead atoms. The standard InChI is InChI=1S/C19H34O/c1-6-13(3)12-20-18-11-14(4)10-16-9-8-15(5)17(7-2)19(16)18/h8-9,13-19H,6-7,10-12H2,1-5H3/t13?,14-,15?,16?,17?,18-,19?/m0/s1. The molecular formula is C19H34O. The minimum absolute atomic E-state index is 0.495. The molecule has 7 atom stereocenters. The third kappa shape index (κ3) is 3.47. The molecule has 116 valence electrons. The van der Waals surface area contributed by atoms with Crippen LogP contribution in [0.25, 0.3) is 0 Å². The van der Waals surface area contributed by atoms with E-state index in [1.807, 2.05) is 0 Å². The molecular weight excluding hydrogens is 244 g/mol. The van der Waals surface area contributed by atoms with E-state index in [0.717, 1.165) is 36.2 Å². The molecule has 0 aromatic heterocycles. The number of hydrogen-bond donors (Lipinski definition) is 0. The van der Waals surface area contributed by atoms with E-state index >= 15 is 0 Å². The van der Waals surface area contributed by atoms with Gasteiger partial charge in [-0.2, -0.15) is 0 Å². The van der Waals surface area contributed by atoms with Gasteiger partial charge in [0.15, 0.2) is 0 Å². The number of hydrogen-bond acceptors (Lipinski definition) is 1. The molecule has 0 saturated heterocycles. The highest BCUT2D eigenvalue weighted by molar-refractivity contribution is 5.08. The van der Waals surface area contributed by atoms with Gasteiger partial charge in [0.2, 0.25) is 0 Å². The van der Waals surface area contributed by atoms with E-state index in [1.54, 1.807) is 0 Å². The van der Waals surface area contributed by atoms with Crippen LogP contribution in [0.5, 0.6) is 0 Å². The summed E-state index contributed by atoms with van der Waals surface area (Å²) in [6, 6.07) is 0. The summed E-state index contributed by atoms with van der Waals surface area (Å²) in [6.07, 6.45) is 10.6. The monoisotopic (exact) mass is 278 g/mol. The van der Waals surface area contributed by atoms with Crippen LogP contribution in [0.15, 0.2) is 12.2 Å². The Bertz CT molecular complexity index is 322. The first-order valence-corrected chi connectivity index (χ1v) is 8.86. The molecule has 0 heterocycles. The maximum absolute atomic E-state index is 6.42. The lowest BCUT2D eigenvalue weighted by atomic mass is 9.61. The Hall–Kier alpha value is -0.300. The summed E-state index contributed by atoms with van der Waals surface area (Å²) in [5.41, 5.74) is 0. The minimum atomic E-state index is 0.495. The van der Waals surface area contributed by atoms with Crippen molar-refractivity contribution in [2.24, 2.45) is 35.5 Å². The maximum Gasteiger partial charge on any atom is 0.0614 e. The van der Waals surface area contributed by atoms with E-state index < -0.39 is 0 Å². The first-order chi connectivity index (χ1) is 9.56. The second-order valence-electron chi connectivity index (χ2n) is 7.52. The fourth-order valence-electron chi connectivity index (χ4n) is 4.39. The lowest BCUT2D eigenvalue weighted by molar-refractivity contribution is -0.0785. The van der Waals surface area contributed by atoms with Crippen LogP contribution in [0.2, 0.25) is 0 Å². The van der Waals surface area contributed by atoms with Gasteiger partial charge in [0.1, 0.15) is 0 Å². The zero-order valence-electron chi connectivity index (χ0n) is 14.1. The summed E-state index contributed by atoms with van der Waals surface area (Å²) >= 11 is 0. The van der Waals surface area contributed by atoms with Gasteiger partial charge >= 0.3 is 0 Å². The molecule has 20 heavy (non-hydrogen) atoms. The normalized spacial score (nSPS) is 42.2. The topological polar surface area (TPSA) is 9.23 Å². The lowest BCUT2D eigenvalue weighted by Crippen LogP contribution is -2.45. The zero-order valence-corrected chi connectivity index (χ0v) is 14.1. The Morgan fingerprint density at radius 3 is 2.55 bits per heavy atom. The molecule has 0 amide bonds. The summed E-state index contributed by atoms with van der Waals surface area (Å²) in [5.74, 6) is 4.59. The molecule has 1 nitrogen and oxygen atoms in total. The second kappa shape index (κ2) is 7.11. The molecule has 1 heteroatoms. The van der Waals surface area contributed by atoms with Crippen LogP contribution in [-0.4, -0.2) is 12.7 Å². The van der Waals surface area contributed by atoms with Crippen molar-refractivity contribution in [3.8, 4) is 0 Å². The summed E-state index contributed by atoms with van der Waals surface area (Å²) in [6.45, 7) is 12.7. The van der Waals surface area contributed by atoms with Gasteiger partial charge in [-0.25, -0.2) is 0 Å². The van der Waals surface area contributed by atoms with E-state index in [9.17, 15) is 0 Å². The first kappa shape index (κ1) is 16.1. The SMILES string of the molecule is CCC(C)CO[C@H]1C[C@@H](C)CC2C=CC(C)C(CC)C21. The Morgan fingerprint density at radius 2 is 1.90 bits per heavy atom. The zero-order chi connectivity index (χ0) is 14.7. The number of allylic oxidation sites excluding steroid dienone is 2. The molecule has 1 fully saturated rings. The fraction of sp³-hybridized carbons (Fsp3) is 0.895. The van der Waals surface area contributed by atoms with Crippen molar-refractivity contribution in [1.82, 2.24) is 0 Å². The Balaban J connectivity index is 2.09. The van der Waals surface area contributed by atoms with E-state index in [0.29, 0.717) is 12.0 Å². The van der Waals surface area contributed by atoms with Gasteiger partial charge in [0, 0.05) is 6.61 Å². The molecule has 2 rings (SSSR count). The van der Waals surface area contributed by atoms with Crippen LogP contribution < -0.4 is 0 Å². The Kier molecular flexibility index (Phi) is 5.72. The summed E-state index contributed by atoms with van der Waals surface area (Å²) in [5, 5.41) is 0. The lowest BCUT2D eigenvalue weighted by Gasteiger charge is -2.47. The third-order valence-corrected chi connectivity index (χ3v) is 5.83. The van der Waals surface area contributed by atoms with Gasteiger partial charge in [0.25, 0.3) is 0 Å². The average Bonchev–Trinajstić information content (AvgIpc) is 2.44. The summed E-state index contributed by atoms with van der Waals surface area (Å²) in [4.78, 5) is 0. The highest BCUT2D eigenvalue weighted by Crippen LogP contribution is 2.47. The number of ether oxygens (including phenoxy) is 1. The smallest absolute Gasteiger partial charge is 0.0614 e. The second-order valence-corrected chi connectivity index (χ2v) is 7.52. The van der Waals surface area contributed by atoms with Crippen LogP contribution in [-0.2, 0) is 4.74 Å². The van der Waals surface area contributed by atoms with Gasteiger partial charge in [0.05, 0.1) is 6.10 Å². The van der Waals surface area contributed by atoms with Crippen LogP contribution in [0.1, 0.15) is 60.3 Å². The average molecular weight is 278 g/mol. The largest absolute Gasteiger partial charge is 0.378 e. The van der Waals surface area contributed by atoms with E-state index in [-0.39, 0.29) is 0 Å². The van der Waals surface area contributed by atoms with Crippen molar-refractivity contribution in [3.63, 3.8) is 0 Å². The van der Waals surface area contributed by atoms with Crippen LogP contribution in [0.4, 0.5) is 0 Å². The first-order valence-electron chi connectivity index (χ1n) is 8.86. The molecule has 2 aliphatic rings. The van der Waals surface area contributed by atoms with Crippen LogP contribution in [0.3, 0.4) is 0 Å². The van der Waals surface area contributed by atoms with Crippen molar-refractivity contribution in [3.05, 3.63) is 12.2 Å². The highest BCUT2D eigenvalue weighted by Gasteiger charge is 2.43. The Labute approximate surface area is 126 Å². The molecule has 0 aliphatic heterocycles. The van der Waals surface area contributed by atoms with Crippen molar-refractivity contribution < 1.29 is 4.74 Å². The number of fused-ring (bicyclic) bond motifs is 1. The van der Waals surface area contributed by atoms with Gasteiger partial charge in [-0.3, -0.25) is 0 Å². The van der Waals surface area contributed by atoms with Gasteiger partial charge < -0.3 is 4.74 Å². The van der Waals surface area contributed by atoms with Gasteiger partial charge in [-0.15, -0.1) is 0 Å². The van der Waals surface area contributed by atoms with E-state index in [1.165, 1.54) is 25.7 Å². The molecule has 0 aromatic carbocycles.